The van der Waals surface area contributed by atoms with E-state index in [1.54, 1.807) is 0 Å². The molecule has 1 aromatic rings. The molecule has 0 bridgehead atoms. The van der Waals surface area contributed by atoms with E-state index >= 15 is 0 Å². The molecule has 7 heteroatoms. The molecule has 0 radical (unpaired) electrons. The van der Waals surface area contributed by atoms with Gasteiger partial charge in [0, 0.05) is 32.7 Å². The van der Waals surface area contributed by atoms with Crippen LogP contribution in [-0.4, -0.2) is 62.1 Å². The second-order valence-corrected chi connectivity index (χ2v) is 6.94. The molecular formula is C18H24BN3O3. The van der Waals surface area contributed by atoms with Crippen LogP contribution in [0.1, 0.15) is 19.4 Å². The van der Waals surface area contributed by atoms with Gasteiger partial charge in [0.2, 0.25) is 0 Å². The van der Waals surface area contributed by atoms with Crippen molar-refractivity contribution >= 4 is 18.3 Å². The van der Waals surface area contributed by atoms with E-state index in [0.717, 1.165) is 37.3 Å². The minimum absolute atomic E-state index is 0.182. The van der Waals surface area contributed by atoms with Gasteiger partial charge in [-0.1, -0.05) is 12.6 Å². The topological polar surface area (TPSA) is 69.0 Å². The first-order chi connectivity index (χ1) is 11.9. The molecule has 0 saturated carbocycles. The van der Waals surface area contributed by atoms with Crippen LogP contribution in [0.15, 0.2) is 30.5 Å². The van der Waals surface area contributed by atoms with Gasteiger partial charge in [0.15, 0.2) is 0 Å². The number of aliphatic hydroxyl groups is 1. The van der Waals surface area contributed by atoms with Crippen molar-refractivity contribution in [2.24, 2.45) is 0 Å². The molecule has 3 rings (SSSR count). The molecule has 2 heterocycles. The number of aliphatic hydroxyl groups excluding tert-OH is 1. The van der Waals surface area contributed by atoms with Crippen molar-refractivity contribution in [3.05, 3.63) is 36.1 Å². The van der Waals surface area contributed by atoms with Gasteiger partial charge in [-0.2, -0.15) is 5.26 Å². The Morgan fingerprint density at radius 3 is 2.60 bits per heavy atom. The third kappa shape index (κ3) is 3.66. The highest BCUT2D eigenvalue weighted by atomic mass is 16.7. The lowest BCUT2D eigenvalue weighted by atomic mass is 9.78. The van der Waals surface area contributed by atoms with E-state index in [9.17, 15) is 5.26 Å². The Morgan fingerprint density at radius 1 is 1.32 bits per heavy atom. The van der Waals surface area contributed by atoms with Crippen molar-refractivity contribution in [3.8, 4) is 6.07 Å². The van der Waals surface area contributed by atoms with Gasteiger partial charge < -0.3 is 19.3 Å². The molecular weight excluding hydrogens is 317 g/mol. The highest BCUT2D eigenvalue weighted by Gasteiger charge is 2.43. The summed E-state index contributed by atoms with van der Waals surface area (Å²) in [7, 11) is -0.523. The van der Waals surface area contributed by atoms with Crippen molar-refractivity contribution in [1.29, 1.82) is 5.26 Å². The summed E-state index contributed by atoms with van der Waals surface area (Å²) in [6, 6.07) is 8.06. The van der Waals surface area contributed by atoms with Crippen LogP contribution in [0.5, 0.6) is 0 Å². The lowest BCUT2D eigenvalue weighted by molar-refractivity contribution is 0.173. The minimum atomic E-state index is -0.529. The zero-order valence-corrected chi connectivity index (χ0v) is 14.9. The van der Waals surface area contributed by atoms with Crippen molar-refractivity contribution in [1.82, 2.24) is 4.90 Å². The zero-order valence-electron chi connectivity index (χ0n) is 14.9. The van der Waals surface area contributed by atoms with Crippen molar-refractivity contribution in [3.63, 3.8) is 0 Å². The van der Waals surface area contributed by atoms with Crippen LogP contribution in [-0.2, 0) is 9.31 Å². The smallest absolute Gasteiger partial charge is 0.534 e. The maximum absolute atomic E-state index is 9.59. The number of piperazine rings is 1. The van der Waals surface area contributed by atoms with Crippen molar-refractivity contribution < 1.29 is 14.4 Å². The van der Waals surface area contributed by atoms with Crippen molar-refractivity contribution in [2.45, 2.75) is 19.4 Å². The van der Waals surface area contributed by atoms with Gasteiger partial charge in [0.1, 0.15) is 11.7 Å². The lowest BCUT2D eigenvalue weighted by Crippen LogP contribution is -2.47. The van der Waals surface area contributed by atoms with Gasteiger partial charge in [-0.25, -0.2) is 0 Å². The Labute approximate surface area is 149 Å². The summed E-state index contributed by atoms with van der Waals surface area (Å²) in [5.74, 6) is 0.597. The number of hydrogen-bond donors (Lipinski definition) is 1. The van der Waals surface area contributed by atoms with Gasteiger partial charge in [-0.05, 0) is 31.4 Å². The predicted molar refractivity (Wildman–Crippen MR) is 97.7 cm³/mol. The van der Waals surface area contributed by atoms with Crippen LogP contribution in [0.2, 0.25) is 0 Å². The molecule has 25 heavy (non-hydrogen) atoms. The zero-order chi connectivity index (χ0) is 18.0. The maximum atomic E-state index is 9.59. The number of benzene rings is 1. The third-order valence-electron chi connectivity index (χ3n) is 4.86. The molecule has 0 unspecified atom stereocenters. The number of β-amino-alcohol motifs (C(OH)–C–C–N with tert-alkyl or cyclic N) is 1. The number of nitrogens with zero attached hydrogens (tertiary/aromatic N) is 3. The Hall–Kier alpha value is -2.01. The Kier molecular flexibility index (Phi) is 5.05. The predicted octanol–water partition coefficient (Wildman–Crippen LogP) is 0.707. The maximum Gasteiger partial charge on any atom is 0.563 e. The number of rotatable bonds is 4. The summed E-state index contributed by atoms with van der Waals surface area (Å²) in [5.41, 5.74) is 1.85. The summed E-state index contributed by atoms with van der Waals surface area (Å²) >= 11 is 0. The van der Waals surface area contributed by atoms with E-state index in [-0.39, 0.29) is 6.61 Å². The van der Waals surface area contributed by atoms with Gasteiger partial charge in [0.05, 0.1) is 23.6 Å². The second-order valence-electron chi connectivity index (χ2n) is 6.94. The fourth-order valence-corrected chi connectivity index (χ4v) is 3.18. The van der Waals surface area contributed by atoms with Gasteiger partial charge in [-0.3, -0.25) is 4.90 Å². The molecule has 0 atom stereocenters. The summed E-state index contributed by atoms with van der Waals surface area (Å²) in [6.07, 6.45) is 0. The van der Waals surface area contributed by atoms with Crippen LogP contribution >= 0.6 is 0 Å². The molecule has 2 aliphatic heterocycles. The molecule has 0 spiro atoms. The Balaban J connectivity index is 1.75. The Morgan fingerprint density at radius 2 is 2.04 bits per heavy atom. The Bertz CT molecular complexity index is 693. The monoisotopic (exact) mass is 341 g/mol. The van der Waals surface area contributed by atoms with Gasteiger partial charge in [0.25, 0.3) is 0 Å². The average molecular weight is 341 g/mol. The standard InChI is InChI=1S/C18H24BN3O3/c1-14-18(2,3)25-19(24-14)16-4-5-17(15(12-16)13-20)22-8-6-21(7-9-22)10-11-23/h4-5,12,23H,1,6-11H2,2-3H3. The third-order valence-corrected chi connectivity index (χ3v) is 4.86. The molecule has 1 aromatic carbocycles. The van der Waals surface area contributed by atoms with Gasteiger partial charge in [-0.15, -0.1) is 0 Å². The quantitative estimate of drug-likeness (QED) is 0.814. The molecule has 0 amide bonds. The first-order valence-electron chi connectivity index (χ1n) is 8.60. The highest BCUT2D eigenvalue weighted by Crippen LogP contribution is 2.30. The summed E-state index contributed by atoms with van der Waals surface area (Å²) in [6.45, 7) is 12.1. The van der Waals surface area contributed by atoms with Gasteiger partial charge >= 0.3 is 7.12 Å². The number of hydrogen-bond acceptors (Lipinski definition) is 6. The molecule has 2 aliphatic rings. The number of anilines is 1. The fourth-order valence-electron chi connectivity index (χ4n) is 3.18. The number of nitriles is 1. The van der Waals surface area contributed by atoms with Crippen LogP contribution in [0.3, 0.4) is 0 Å². The molecule has 1 N–H and O–H groups in total. The van der Waals surface area contributed by atoms with E-state index in [2.05, 4.69) is 22.4 Å². The molecule has 0 aliphatic carbocycles. The van der Waals surface area contributed by atoms with E-state index in [0.29, 0.717) is 17.9 Å². The largest absolute Gasteiger partial charge is 0.563 e. The van der Waals surface area contributed by atoms with Crippen LogP contribution < -0.4 is 10.4 Å². The van der Waals surface area contributed by atoms with Crippen LogP contribution in [0.25, 0.3) is 0 Å². The molecule has 2 saturated heterocycles. The fraction of sp³-hybridized carbons (Fsp3) is 0.500. The summed E-state index contributed by atoms with van der Waals surface area (Å²) in [4.78, 5) is 4.44. The van der Waals surface area contributed by atoms with E-state index in [4.69, 9.17) is 14.4 Å². The molecule has 2 fully saturated rings. The highest BCUT2D eigenvalue weighted by molar-refractivity contribution is 6.62. The lowest BCUT2D eigenvalue weighted by Gasteiger charge is -2.36. The second kappa shape index (κ2) is 7.08. The first-order valence-corrected chi connectivity index (χ1v) is 8.60. The average Bonchev–Trinajstić information content (AvgIpc) is 2.88. The van der Waals surface area contributed by atoms with E-state index in [1.807, 2.05) is 32.0 Å². The molecule has 6 nitrogen and oxygen atoms in total. The summed E-state index contributed by atoms with van der Waals surface area (Å²) < 4.78 is 11.6. The van der Waals surface area contributed by atoms with Crippen molar-refractivity contribution in [2.75, 3.05) is 44.2 Å². The van der Waals surface area contributed by atoms with E-state index < -0.39 is 12.7 Å². The van der Waals surface area contributed by atoms with Crippen LogP contribution in [0, 0.1) is 11.3 Å². The first kappa shape index (κ1) is 17.8. The summed E-state index contributed by atoms with van der Waals surface area (Å²) in [5, 5.41) is 18.6. The minimum Gasteiger partial charge on any atom is -0.534 e. The molecule has 132 valence electrons. The van der Waals surface area contributed by atoms with Crippen LogP contribution in [0.4, 0.5) is 5.69 Å². The normalized spacial score (nSPS) is 20.5. The SMILES string of the molecule is C=C1OB(c2ccc(N3CCN(CCO)CC3)c(C#N)c2)OC1(C)C. The molecule has 0 aromatic heterocycles. The van der Waals surface area contributed by atoms with E-state index in [1.165, 1.54) is 0 Å².